The van der Waals surface area contributed by atoms with Gasteiger partial charge < -0.3 is 30.7 Å². The van der Waals surface area contributed by atoms with Crippen molar-refractivity contribution in [3.63, 3.8) is 0 Å². The van der Waals surface area contributed by atoms with Crippen LogP contribution >= 0.6 is 11.3 Å². The van der Waals surface area contributed by atoms with Crippen molar-refractivity contribution in [2.75, 3.05) is 39.5 Å². The first kappa shape index (κ1) is 31.7. The molecule has 4 N–H and O–H groups in total. The highest BCUT2D eigenvalue weighted by atomic mass is 32.1. The van der Waals surface area contributed by atoms with Crippen molar-refractivity contribution >= 4 is 29.1 Å². The molecule has 1 aliphatic heterocycles. The third-order valence-electron chi connectivity index (χ3n) is 6.79. The molecule has 40 heavy (non-hydrogen) atoms. The van der Waals surface area contributed by atoms with Gasteiger partial charge in [0.05, 0.1) is 42.5 Å². The number of carbonyl (C=O) groups is 3. The third kappa shape index (κ3) is 9.09. The van der Waals surface area contributed by atoms with Gasteiger partial charge in [0.2, 0.25) is 17.7 Å². The lowest BCUT2D eigenvalue weighted by Crippen LogP contribution is -2.57. The van der Waals surface area contributed by atoms with Crippen LogP contribution in [-0.2, 0) is 30.4 Å². The largest absolute Gasteiger partial charge is 0.379 e. The Morgan fingerprint density at radius 1 is 1.12 bits per heavy atom. The van der Waals surface area contributed by atoms with E-state index in [0.717, 1.165) is 28.1 Å². The lowest BCUT2D eigenvalue weighted by molar-refractivity contribution is -0.144. The molecule has 1 fully saturated rings. The van der Waals surface area contributed by atoms with Crippen LogP contribution in [0.25, 0.3) is 10.4 Å². The number of thiazole rings is 1. The average Bonchev–Trinajstić information content (AvgIpc) is 3.58. The van der Waals surface area contributed by atoms with Crippen LogP contribution in [0.5, 0.6) is 0 Å². The van der Waals surface area contributed by atoms with Crippen LogP contribution in [0.15, 0.2) is 29.8 Å². The fraction of sp³-hybridized carbons (Fsp3) is 0.586. The number of aryl methyl sites for hydroxylation is 1. The summed E-state index contributed by atoms with van der Waals surface area (Å²) in [6.07, 6.45) is 1.45. The fourth-order valence-electron chi connectivity index (χ4n) is 4.58. The zero-order valence-electron chi connectivity index (χ0n) is 24.0. The van der Waals surface area contributed by atoms with E-state index in [0.29, 0.717) is 45.9 Å². The summed E-state index contributed by atoms with van der Waals surface area (Å²) >= 11 is 1.60. The molecular weight excluding hydrogens is 530 g/mol. The Labute approximate surface area is 241 Å². The van der Waals surface area contributed by atoms with Crippen LogP contribution in [0.1, 0.15) is 51.3 Å². The van der Waals surface area contributed by atoms with Crippen LogP contribution in [0.3, 0.4) is 0 Å². The second-order valence-electron chi connectivity index (χ2n) is 11.0. The molecule has 2 heterocycles. The first-order valence-corrected chi connectivity index (χ1v) is 14.7. The Kier molecular flexibility index (Phi) is 12.1. The molecule has 10 nitrogen and oxygen atoms in total. The molecule has 1 aromatic carbocycles. The zero-order chi connectivity index (χ0) is 29.1. The minimum absolute atomic E-state index is 0.127. The van der Waals surface area contributed by atoms with Crippen LogP contribution in [-0.4, -0.2) is 79.2 Å². The van der Waals surface area contributed by atoms with Crippen LogP contribution in [0.2, 0.25) is 0 Å². The van der Waals surface area contributed by atoms with Gasteiger partial charge in [0.1, 0.15) is 12.1 Å². The molecule has 0 bridgehead atoms. The summed E-state index contributed by atoms with van der Waals surface area (Å²) in [7, 11) is 0. The van der Waals surface area contributed by atoms with Crippen molar-refractivity contribution in [1.29, 1.82) is 0 Å². The molecule has 0 aliphatic carbocycles. The minimum atomic E-state index is -0.760. The molecule has 1 aliphatic rings. The normalized spacial score (nSPS) is 16.1. The summed E-state index contributed by atoms with van der Waals surface area (Å²) in [5, 5.41) is 5.89. The molecule has 0 radical (unpaired) electrons. The molecule has 0 spiro atoms. The number of amides is 3. The lowest BCUT2D eigenvalue weighted by Gasteiger charge is -2.35. The first-order valence-electron chi connectivity index (χ1n) is 13.8. The number of aromatic nitrogens is 1. The number of nitrogens with zero attached hydrogens (tertiary/aromatic N) is 2. The highest BCUT2D eigenvalue weighted by Crippen LogP contribution is 2.28. The topological polar surface area (TPSA) is 136 Å². The van der Waals surface area contributed by atoms with Crippen molar-refractivity contribution in [3.8, 4) is 10.4 Å². The van der Waals surface area contributed by atoms with Gasteiger partial charge in [-0.1, -0.05) is 45.0 Å². The van der Waals surface area contributed by atoms with E-state index >= 15 is 0 Å². The number of nitrogens with two attached hydrogens (primary N) is 1. The van der Waals surface area contributed by atoms with Gasteiger partial charge in [0.25, 0.3) is 0 Å². The number of hydrogen-bond acceptors (Lipinski definition) is 8. The van der Waals surface area contributed by atoms with Gasteiger partial charge in [-0.25, -0.2) is 4.98 Å². The van der Waals surface area contributed by atoms with E-state index in [1.807, 2.05) is 57.5 Å². The smallest absolute Gasteiger partial charge is 0.246 e. The molecule has 1 aromatic heterocycles. The number of ether oxygens (including phenoxy) is 2. The standard InChI is InChI=1S/C29H43N5O5S/c1-20-25(40-19-32-20)22-9-7-21(8-10-22)18-31-27(36)23-6-5-13-34(23)28(37)26(29(2,3)4)33-24(35)11-14-38-16-17-39-15-12-30/h7-10,19,23,26H,5-6,11-18,30H2,1-4H3,(H,31,36)(H,33,35)/t23-,26?/m0/s1. The van der Waals surface area contributed by atoms with Gasteiger partial charge in [0, 0.05) is 26.1 Å². The fourth-order valence-corrected chi connectivity index (χ4v) is 5.39. The summed E-state index contributed by atoms with van der Waals surface area (Å²) in [4.78, 5) is 46.5. The molecule has 1 unspecified atom stereocenters. The van der Waals surface area contributed by atoms with Gasteiger partial charge in [-0.05, 0) is 36.3 Å². The van der Waals surface area contributed by atoms with Gasteiger partial charge in [0.15, 0.2) is 0 Å². The van der Waals surface area contributed by atoms with Crippen LogP contribution < -0.4 is 16.4 Å². The quantitative estimate of drug-likeness (QED) is 0.296. The second-order valence-corrected chi connectivity index (χ2v) is 11.9. The number of rotatable bonds is 14. The minimum Gasteiger partial charge on any atom is -0.379 e. The average molecular weight is 574 g/mol. The van der Waals surface area contributed by atoms with E-state index in [9.17, 15) is 14.4 Å². The van der Waals surface area contributed by atoms with Crippen molar-refractivity contribution in [2.24, 2.45) is 11.1 Å². The predicted octanol–water partition coefficient (Wildman–Crippen LogP) is 2.64. The SMILES string of the molecule is Cc1ncsc1-c1ccc(CNC(=O)[C@@H]2CCCN2C(=O)C(NC(=O)CCOCCOCCN)C(C)(C)C)cc1. The molecule has 2 atom stereocenters. The molecule has 3 amide bonds. The van der Waals surface area contributed by atoms with Crippen molar-refractivity contribution in [2.45, 2.75) is 65.6 Å². The Balaban J connectivity index is 1.53. The first-order chi connectivity index (χ1) is 19.1. The second kappa shape index (κ2) is 15.2. The molecule has 11 heteroatoms. The lowest BCUT2D eigenvalue weighted by atomic mass is 9.85. The highest BCUT2D eigenvalue weighted by Gasteiger charge is 2.41. The van der Waals surface area contributed by atoms with Crippen molar-refractivity contribution in [3.05, 3.63) is 41.0 Å². The summed E-state index contributed by atoms with van der Waals surface area (Å²) < 4.78 is 10.7. The predicted molar refractivity (Wildman–Crippen MR) is 156 cm³/mol. The summed E-state index contributed by atoms with van der Waals surface area (Å²) in [5.41, 5.74) is 9.74. The molecule has 220 valence electrons. The Bertz CT molecular complexity index is 1110. The van der Waals surface area contributed by atoms with Gasteiger partial charge >= 0.3 is 0 Å². The molecule has 1 saturated heterocycles. The van der Waals surface area contributed by atoms with E-state index in [4.69, 9.17) is 15.2 Å². The van der Waals surface area contributed by atoms with E-state index in [2.05, 4.69) is 15.6 Å². The van der Waals surface area contributed by atoms with Gasteiger partial charge in [-0.3, -0.25) is 14.4 Å². The Morgan fingerprint density at radius 3 is 2.45 bits per heavy atom. The number of nitrogens with one attached hydrogen (secondary N) is 2. The number of carbonyl (C=O) groups excluding carboxylic acids is 3. The van der Waals surface area contributed by atoms with E-state index < -0.39 is 17.5 Å². The van der Waals surface area contributed by atoms with E-state index in [-0.39, 0.29) is 30.7 Å². The van der Waals surface area contributed by atoms with Gasteiger partial charge in [-0.2, -0.15) is 0 Å². The number of likely N-dealkylation sites (tertiary alicyclic amines) is 1. The molecule has 2 aromatic rings. The maximum atomic E-state index is 13.6. The third-order valence-corrected chi connectivity index (χ3v) is 7.77. The zero-order valence-corrected chi connectivity index (χ0v) is 24.9. The van der Waals surface area contributed by atoms with Crippen LogP contribution in [0.4, 0.5) is 0 Å². The monoisotopic (exact) mass is 573 g/mol. The maximum Gasteiger partial charge on any atom is 0.246 e. The van der Waals surface area contributed by atoms with E-state index in [1.165, 1.54) is 0 Å². The van der Waals surface area contributed by atoms with Crippen molar-refractivity contribution < 1.29 is 23.9 Å². The summed E-state index contributed by atoms with van der Waals surface area (Å²) in [6, 6.07) is 6.73. The molecule has 3 rings (SSSR count). The highest BCUT2D eigenvalue weighted by molar-refractivity contribution is 7.13. The number of benzene rings is 1. The molecule has 0 saturated carbocycles. The molecular formula is C29H43N5O5S. The van der Waals surface area contributed by atoms with Crippen molar-refractivity contribution in [1.82, 2.24) is 20.5 Å². The van der Waals surface area contributed by atoms with Gasteiger partial charge in [-0.15, -0.1) is 11.3 Å². The summed E-state index contributed by atoms with van der Waals surface area (Å²) in [6.45, 7) is 10.5. The Hall–Kier alpha value is -2.86. The number of hydrogen-bond donors (Lipinski definition) is 3. The Morgan fingerprint density at radius 2 is 1.82 bits per heavy atom. The summed E-state index contributed by atoms with van der Waals surface area (Å²) in [5.74, 6) is -0.690. The van der Waals surface area contributed by atoms with Crippen LogP contribution in [0, 0.1) is 12.3 Å². The maximum absolute atomic E-state index is 13.6. The van der Waals surface area contributed by atoms with E-state index in [1.54, 1.807) is 16.2 Å².